The molecule has 1 unspecified atom stereocenters. The number of aryl methyl sites for hydroxylation is 1. The molecule has 1 fully saturated rings. The highest BCUT2D eigenvalue weighted by Gasteiger charge is 2.20. The number of benzene rings is 1. The molecule has 1 aromatic heterocycles. The fraction of sp³-hybridized carbons (Fsp3) is 0.462. The van der Waals surface area contributed by atoms with Gasteiger partial charge in [0.1, 0.15) is 5.75 Å². The number of hydrogen-bond donors (Lipinski definition) is 1. The molecule has 0 amide bonds. The Labute approximate surface area is 112 Å². The molecule has 1 atom stereocenters. The minimum Gasteiger partial charge on any atom is -0.537 e. The summed E-state index contributed by atoms with van der Waals surface area (Å²) in [6, 6.07) is 3.97. The molecule has 2 heterocycles. The Morgan fingerprint density at radius 3 is 3.11 bits per heavy atom. The van der Waals surface area contributed by atoms with Crippen molar-refractivity contribution in [2.24, 2.45) is 0 Å². The number of aromatic nitrogens is 2. The van der Waals surface area contributed by atoms with Crippen molar-refractivity contribution in [3.05, 3.63) is 23.9 Å². The third-order valence-corrected chi connectivity index (χ3v) is 3.53. The maximum absolute atomic E-state index is 8.86. The topological polar surface area (TPSA) is 56.5 Å². The first-order valence-electron chi connectivity index (χ1n) is 6.52. The van der Waals surface area contributed by atoms with Crippen LogP contribution >= 0.6 is 0 Å². The summed E-state index contributed by atoms with van der Waals surface area (Å²) < 4.78 is 12.9. The van der Waals surface area contributed by atoms with Crippen molar-refractivity contribution in [1.29, 1.82) is 0 Å². The van der Waals surface area contributed by atoms with Crippen LogP contribution in [0.25, 0.3) is 10.9 Å². The summed E-state index contributed by atoms with van der Waals surface area (Å²) in [5.41, 5.74) is 1.93. The van der Waals surface area contributed by atoms with Crippen LogP contribution < -0.4 is 4.65 Å². The fourth-order valence-electron chi connectivity index (χ4n) is 2.56. The van der Waals surface area contributed by atoms with Gasteiger partial charge in [0.2, 0.25) is 0 Å². The molecule has 6 heteroatoms. The molecule has 0 aliphatic carbocycles. The lowest BCUT2D eigenvalue weighted by Gasteiger charge is -2.23. The summed E-state index contributed by atoms with van der Waals surface area (Å²) in [6.45, 7) is 2.72. The molecular formula is C13H16BN2O3. The van der Waals surface area contributed by atoms with Crippen LogP contribution in [0, 0.1) is 6.92 Å². The van der Waals surface area contributed by atoms with Crippen LogP contribution in [-0.4, -0.2) is 29.1 Å². The number of ether oxygens (including phenoxy) is 1. The molecule has 5 nitrogen and oxygen atoms in total. The van der Waals surface area contributed by atoms with Crippen molar-refractivity contribution in [1.82, 2.24) is 9.78 Å². The average molecular weight is 259 g/mol. The Morgan fingerprint density at radius 2 is 2.37 bits per heavy atom. The van der Waals surface area contributed by atoms with Gasteiger partial charge in [0.05, 0.1) is 17.1 Å². The second-order valence-corrected chi connectivity index (χ2v) is 4.78. The molecule has 1 aromatic carbocycles. The van der Waals surface area contributed by atoms with E-state index in [0.29, 0.717) is 13.4 Å². The maximum atomic E-state index is 8.86. The summed E-state index contributed by atoms with van der Waals surface area (Å²) in [7, 11) is 0.705. The molecule has 99 valence electrons. The lowest BCUT2D eigenvalue weighted by atomic mass is 10.1. The van der Waals surface area contributed by atoms with Crippen LogP contribution in [0.5, 0.6) is 5.75 Å². The van der Waals surface area contributed by atoms with Gasteiger partial charge in [-0.05, 0) is 37.8 Å². The first kappa shape index (κ1) is 12.5. The quantitative estimate of drug-likeness (QED) is 0.856. The SMILES string of the molecule is Cc1ccc2c(cnn2C2CCCCO2)c1O[B]O. The first-order valence-corrected chi connectivity index (χ1v) is 6.52. The molecule has 1 radical (unpaired) electrons. The normalized spacial score (nSPS) is 19.6. The summed E-state index contributed by atoms with van der Waals surface area (Å²) in [6.07, 6.45) is 5.01. The molecule has 1 aliphatic rings. The summed E-state index contributed by atoms with van der Waals surface area (Å²) in [5.74, 6) is 0.641. The van der Waals surface area contributed by atoms with Crippen molar-refractivity contribution < 1.29 is 14.4 Å². The predicted octanol–water partition coefficient (Wildman–Crippen LogP) is 1.95. The van der Waals surface area contributed by atoms with Crippen LogP contribution in [0.2, 0.25) is 0 Å². The van der Waals surface area contributed by atoms with E-state index < -0.39 is 0 Å². The van der Waals surface area contributed by atoms with Gasteiger partial charge >= 0.3 is 7.69 Å². The fourth-order valence-corrected chi connectivity index (χ4v) is 2.56. The van der Waals surface area contributed by atoms with Gasteiger partial charge in [-0.15, -0.1) is 0 Å². The van der Waals surface area contributed by atoms with E-state index in [-0.39, 0.29) is 6.23 Å². The van der Waals surface area contributed by atoms with E-state index >= 15 is 0 Å². The van der Waals surface area contributed by atoms with E-state index in [1.165, 1.54) is 0 Å². The van der Waals surface area contributed by atoms with Gasteiger partial charge in [-0.25, -0.2) is 4.68 Å². The van der Waals surface area contributed by atoms with Crippen LogP contribution in [-0.2, 0) is 4.74 Å². The molecule has 1 aliphatic heterocycles. The number of rotatable bonds is 3. The zero-order valence-corrected chi connectivity index (χ0v) is 10.9. The first-order chi connectivity index (χ1) is 9.31. The Kier molecular flexibility index (Phi) is 3.44. The number of fused-ring (bicyclic) bond motifs is 1. The Balaban J connectivity index is 2.05. The largest absolute Gasteiger partial charge is 0.569 e. The molecule has 1 saturated heterocycles. The van der Waals surface area contributed by atoms with E-state index in [0.717, 1.165) is 42.3 Å². The van der Waals surface area contributed by atoms with Crippen molar-refractivity contribution in [2.45, 2.75) is 32.4 Å². The van der Waals surface area contributed by atoms with Gasteiger partial charge in [0, 0.05) is 6.61 Å². The van der Waals surface area contributed by atoms with Crippen LogP contribution in [0.4, 0.5) is 0 Å². The van der Waals surface area contributed by atoms with Crippen molar-refractivity contribution in [3.8, 4) is 5.75 Å². The van der Waals surface area contributed by atoms with E-state index in [4.69, 9.17) is 14.4 Å². The van der Waals surface area contributed by atoms with Crippen molar-refractivity contribution >= 4 is 18.6 Å². The standard InChI is InChI=1S/C13H16BN2O3/c1-9-5-6-11-10(13(9)19-14-17)8-15-16(11)12-4-2-3-7-18-12/h5-6,8,12,17H,2-4,7H2,1H3. The summed E-state index contributed by atoms with van der Waals surface area (Å²) in [5, 5.41) is 14.2. The highest BCUT2D eigenvalue weighted by Crippen LogP contribution is 2.32. The van der Waals surface area contributed by atoms with E-state index in [2.05, 4.69) is 5.10 Å². The lowest BCUT2D eigenvalue weighted by molar-refractivity contribution is -0.0366. The van der Waals surface area contributed by atoms with E-state index in [9.17, 15) is 0 Å². The van der Waals surface area contributed by atoms with Gasteiger partial charge in [-0.2, -0.15) is 5.10 Å². The smallest absolute Gasteiger partial charge is 0.537 e. The molecule has 1 N–H and O–H groups in total. The van der Waals surface area contributed by atoms with Gasteiger partial charge in [0.25, 0.3) is 0 Å². The Hall–Kier alpha value is -1.53. The zero-order valence-electron chi connectivity index (χ0n) is 10.9. The molecule has 0 saturated carbocycles. The lowest BCUT2D eigenvalue weighted by Crippen LogP contribution is -2.18. The third-order valence-electron chi connectivity index (χ3n) is 3.53. The summed E-state index contributed by atoms with van der Waals surface area (Å²) >= 11 is 0. The molecule has 0 spiro atoms. The van der Waals surface area contributed by atoms with Crippen molar-refractivity contribution in [3.63, 3.8) is 0 Å². The zero-order chi connectivity index (χ0) is 13.2. The molecule has 0 bridgehead atoms. The van der Waals surface area contributed by atoms with Crippen LogP contribution in [0.15, 0.2) is 18.3 Å². The monoisotopic (exact) mass is 259 g/mol. The predicted molar refractivity (Wildman–Crippen MR) is 71.9 cm³/mol. The van der Waals surface area contributed by atoms with E-state index in [1.54, 1.807) is 6.20 Å². The average Bonchev–Trinajstić information content (AvgIpc) is 2.87. The number of hydrogen-bond acceptors (Lipinski definition) is 4. The highest BCUT2D eigenvalue weighted by molar-refractivity contribution is 6.18. The molecule has 3 rings (SSSR count). The summed E-state index contributed by atoms with van der Waals surface area (Å²) in [4.78, 5) is 0. The minimum absolute atomic E-state index is 0.0000813. The van der Waals surface area contributed by atoms with E-state index in [1.807, 2.05) is 23.7 Å². The second-order valence-electron chi connectivity index (χ2n) is 4.78. The molecular weight excluding hydrogens is 243 g/mol. The second kappa shape index (κ2) is 5.23. The molecule has 19 heavy (non-hydrogen) atoms. The Morgan fingerprint density at radius 1 is 1.47 bits per heavy atom. The minimum atomic E-state index is -0.0000813. The van der Waals surface area contributed by atoms with Crippen LogP contribution in [0.3, 0.4) is 0 Å². The Bertz CT molecular complexity index is 579. The van der Waals surface area contributed by atoms with Gasteiger partial charge in [-0.1, -0.05) is 6.07 Å². The number of nitrogens with zero attached hydrogens (tertiary/aromatic N) is 2. The van der Waals surface area contributed by atoms with Gasteiger partial charge in [-0.3, -0.25) is 0 Å². The third kappa shape index (κ3) is 2.22. The van der Waals surface area contributed by atoms with Gasteiger partial charge < -0.3 is 14.4 Å². The van der Waals surface area contributed by atoms with Gasteiger partial charge in [0.15, 0.2) is 6.23 Å². The molecule has 2 aromatic rings. The highest BCUT2D eigenvalue weighted by atomic mass is 16.5. The maximum Gasteiger partial charge on any atom is 0.569 e. The van der Waals surface area contributed by atoms with Crippen molar-refractivity contribution in [2.75, 3.05) is 6.61 Å². The van der Waals surface area contributed by atoms with Crippen LogP contribution in [0.1, 0.15) is 31.1 Å².